The average molecular weight is 314 g/mol. The van der Waals surface area contributed by atoms with Gasteiger partial charge in [-0.25, -0.2) is 4.79 Å². The van der Waals surface area contributed by atoms with Gasteiger partial charge in [0.05, 0.1) is 18.2 Å². The zero-order valence-electron chi connectivity index (χ0n) is 13.7. The van der Waals surface area contributed by atoms with Gasteiger partial charge in [0.25, 0.3) is 0 Å². The molecule has 0 amide bonds. The number of rotatable bonds is 6. The summed E-state index contributed by atoms with van der Waals surface area (Å²) in [6.07, 6.45) is 1.89. The third-order valence-electron chi connectivity index (χ3n) is 3.89. The van der Waals surface area contributed by atoms with Crippen molar-refractivity contribution in [1.29, 1.82) is 0 Å². The lowest BCUT2D eigenvalue weighted by atomic mass is 9.99. The molecule has 1 heterocycles. The third kappa shape index (κ3) is 3.80. The summed E-state index contributed by atoms with van der Waals surface area (Å²) in [5.41, 5.74) is 9.70. The number of nitrogens with two attached hydrogens (primary N) is 1. The maximum absolute atomic E-state index is 12.5. The molecule has 0 spiro atoms. The molecule has 1 aromatic carbocycles. The van der Waals surface area contributed by atoms with Crippen molar-refractivity contribution in [3.63, 3.8) is 0 Å². The van der Waals surface area contributed by atoms with Crippen molar-refractivity contribution in [3.05, 3.63) is 52.3 Å². The molecular weight excluding hydrogens is 292 g/mol. The predicted octanol–water partition coefficient (Wildman–Crippen LogP) is 3.21. The smallest absolute Gasteiger partial charge is 0.340 e. The van der Waals surface area contributed by atoms with Crippen LogP contribution in [0.25, 0.3) is 0 Å². The fourth-order valence-corrected chi connectivity index (χ4v) is 2.75. The van der Waals surface area contributed by atoms with Gasteiger partial charge in [-0.05, 0) is 44.4 Å². The van der Waals surface area contributed by atoms with E-state index >= 15 is 0 Å². The number of carbonyl (C=O) groups is 2. The molecule has 0 atom stereocenters. The van der Waals surface area contributed by atoms with Crippen molar-refractivity contribution in [2.24, 2.45) is 0 Å². The first kappa shape index (κ1) is 16.8. The lowest BCUT2D eigenvalue weighted by Gasteiger charge is -2.05. The molecule has 23 heavy (non-hydrogen) atoms. The quantitative estimate of drug-likeness (QED) is 0.487. The zero-order valence-corrected chi connectivity index (χ0v) is 13.7. The fourth-order valence-electron chi connectivity index (χ4n) is 2.75. The van der Waals surface area contributed by atoms with Gasteiger partial charge in [0, 0.05) is 23.5 Å². The number of ketones is 1. The average Bonchev–Trinajstić information content (AvgIpc) is 2.82. The standard InChI is InChI=1S/C18H22N2O3/c1-11-16(17(12(2)20-11)18(22)23-3)15(21)6-4-5-13-7-9-14(19)10-8-13/h7-10,20H,4-6,19H2,1-3H3. The summed E-state index contributed by atoms with van der Waals surface area (Å²) in [6, 6.07) is 7.63. The Bertz CT molecular complexity index is 715. The summed E-state index contributed by atoms with van der Waals surface area (Å²) in [6.45, 7) is 3.57. The van der Waals surface area contributed by atoms with Crippen molar-refractivity contribution in [2.45, 2.75) is 33.1 Å². The van der Waals surface area contributed by atoms with Crippen LogP contribution >= 0.6 is 0 Å². The molecule has 0 saturated heterocycles. The molecule has 3 N–H and O–H groups in total. The Balaban J connectivity index is 2.06. The van der Waals surface area contributed by atoms with Crippen LogP contribution in [0.1, 0.15) is 50.5 Å². The molecule has 122 valence electrons. The first-order valence-corrected chi connectivity index (χ1v) is 7.59. The molecule has 0 radical (unpaired) electrons. The van der Waals surface area contributed by atoms with E-state index in [2.05, 4.69) is 4.98 Å². The fraction of sp³-hybridized carbons (Fsp3) is 0.333. The Kier molecular flexibility index (Phi) is 5.21. The number of Topliss-reactive ketones (excluding diaryl/α,β-unsaturated/α-hetero) is 1. The Morgan fingerprint density at radius 3 is 2.30 bits per heavy atom. The highest BCUT2D eigenvalue weighted by Gasteiger charge is 2.24. The first-order valence-electron chi connectivity index (χ1n) is 7.59. The lowest BCUT2D eigenvalue weighted by Crippen LogP contribution is -2.10. The van der Waals surface area contributed by atoms with Gasteiger partial charge in [0.2, 0.25) is 0 Å². The molecule has 2 rings (SSSR count). The van der Waals surface area contributed by atoms with Crippen molar-refractivity contribution >= 4 is 17.4 Å². The number of aromatic amines is 1. The van der Waals surface area contributed by atoms with Crippen LogP contribution in [0, 0.1) is 13.8 Å². The van der Waals surface area contributed by atoms with Gasteiger partial charge >= 0.3 is 5.97 Å². The Morgan fingerprint density at radius 1 is 1.09 bits per heavy atom. The predicted molar refractivity (Wildman–Crippen MR) is 89.7 cm³/mol. The summed E-state index contributed by atoms with van der Waals surface area (Å²) in [4.78, 5) is 27.5. The number of anilines is 1. The number of nitrogens with one attached hydrogen (secondary N) is 1. The van der Waals surface area contributed by atoms with Crippen LogP contribution in [-0.4, -0.2) is 23.8 Å². The number of methoxy groups -OCH3 is 1. The number of aromatic nitrogens is 1. The van der Waals surface area contributed by atoms with E-state index < -0.39 is 5.97 Å². The van der Waals surface area contributed by atoms with E-state index in [0.717, 1.165) is 17.7 Å². The van der Waals surface area contributed by atoms with Gasteiger partial charge < -0.3 is 15.5 Å². The molecule has 5 heteroatoms. The number of H-pyrrole nitrogens is 1. The monoisotopic (exact) mass is 314 g/mol. The van der Waals surface area contributed by atoms with Crippen molar-refractivity contribution in [3.8, 4) is 0 Å². The molecule has 0 aliphatic heterocycles. The van der Waals surface area contributed by atoms with Crippen LogP contribution < -0.4 is 5.73 Å². The highest BCUT2D eigenvalue weighted by atomic mass is 16.5. The largest absolute Gasteiger partial charge is 0.465 e. The SMILES string of the molecule is COC(=O)c1c(C)[nH]c(C)c1C(=O)CCCc1ccc(N)cc1. The van der Waals surface area contributed by atoms with Crippen LogP contribution in [0.3, 0.4) is 0 Å². The van der Waals surface area contributed by atoms with Crippen molar-refractivity contribution in [1.82, 2.24) is 4.98 Å². The normalized spacial score (nSPS) is 10.6. The van der Waals surface area contributed by atoms with Crippen LogP contribution in [0.4, 0.5) is 5.69 Å². The lowest BCUT2D eigenvalue weighted by molar-refractivity contribution is 0.0596. The van der Waals surface area contributed by atoms with Gasteiger partial charge in [-0.15, -0.1) is 0 Å². The summed E-state index contributed by atoms with van der Waals surface area (Å²) >= 11 is 0. The number of hydrogen-bond donors (Lipinski definition) is 2. The van der Waals surface area contributed by atoms with Crippen LogP contribution in [0.15, 0.2) is 24.3 Å². The number of hydrogen-bond acceptors (Lipinski definition) is 4. The molecule has 0 unspecified atom stereocenters. The molecule has 0 aliphatic rings. The number of carbonyl (C=O) groups excluding carboxylic acids is 2. The Morgan fingerprint density at radius 2 is 1.70 bits per heavy atom. The van der Waals surface area contributed by atoms with Crippen LogP contribution in [-0.2, 0) is 11.2 Å². The maximum Gasteiger partial charge on any atom is 0.340 e. The molecule has 0 fully saturated rings. The van der Waals surface area contributed by atoms with E-state index in [1.54, 1.807) is 13.8 Å². The second-order valence-corrected chi connectivity index (χ2v) is 5.63. The van der Waals surface area contributed by atoms with Gasteiger partial charge in [0.1, 0.15) is 0 Å². The minimum absolute atomic E-state index is 0.0392. The number of benzene rings is 1. The molecule has 0 aliphatic carbocycles. The van der Waals surface area contributed by atoms with E-state index in [1.165, 1.54) is 7.11 Å². The maximum atomic E-state index is 12.5. The number of esters is 1. The molecule has 0 saturated carbocycles. The summed E-state index contributed by atoms with van der Waals surface area (Å²) < 4.78 is 4.78. The highest BCUT2D eigenvalue weighted by molar-refractivity contribution is 6.08. The number of ether oxygens (including phenoxy) is 1. The second-order valence-electron chi connectivity index (χ2n) is 5.63. The summed E-state index contributed by atoms with van der Waals surface area (Å²) in [5, 5.41) is 0. The van der Waals surface area contributed by atoms with Crippen molar-refractivity contribution < 1.29 is 14.3 Å². The first-order chi connectivity index (χ1) is 10.9. The van der Waals surface area contributed by atoms with E-state index in [-0.39, 0.29) is 5.78 Å². The van der Waals surface area contributed by atoms with E-state index in [4.69, 9.17) is 10.5 Å². The van der Waals surface area contributed by atoms with Gasteiger partial charge in [0.15, 0.2) is 5.78 Å². The number of nitrogen functional groups attached to an aromatic ring is 1. The van der Waals surface area contributed by atoms with E-state index in [0.29, 0.717) is 35.4 Å². The third-order valence-corrected chi connectivity index (χ3v) is 3.89. The van der Waals surface area contributed by atoms with Gasteiger partial charge in [-0.3, -0.25) is 4.79 Å². The summed E-state index contributed by atoms with van der Waals surface area (Å²) in [7, 11) is 1.32. The zero-order chi connectivity index (χ0) is 17.0. The van der Waals surface area contributed by atoms with Crippen LogP contribution in [0.5, 0.6) is 0 Å². The minimum atomic E-state index is -0.478. The molecule has 5 nitrogen and oxygen atoms in total. The topological polar surface area (TPSA) is 85.2 Å². The number of aryl methyl sites for hydroxylation is 3. The van der Waals surface area contributed by atoms with E-state index in [1.807, 2.05) is 24.3 Å². The summed E-state index contributed by atoms with van der Waals surface area (Å²) in [5.74, 6) is -0.517. The van der Waals surface area contributed by atoms with Gasteiger partial charge in [-0.1, -0.05) is 12.1 Å². The minimum Gasteiger partial charge on any atom is -0.465 e. The Labute approximate surface area is 135 Å². The van der Waals surface area contributed by atoms with Crippen LogP contribution in [0.2, 0.25) is 0 Å². The molecule has 1 aromatic heterocycles. The highest BCUT2D eigenvalue weighted by Crippen LogP contribution is 2.22. The van der Waals surface area contributed by atoms with Crippen molar-refractivity contribution in [2.75, 3.05) is 12.8 Å². The second kappa shape index (κ2) is 7.13. The van der Waals surface area contributed by atoms with E-state index in [9.17, 15) is 9.59 Å². The molecule has 0 bridgehead atoms. The molecular formula is C18H22N2O3. The molecule has 2 aromatic rings. The van der Waals surface area contributed by atoms with Gasteiger partial charge in [-0.2, -0.15) is 0 Å². The Hall–Kier alpha value is -2.56.